The first-order valence-electron chi connectivity index (χ1n) is 23.1. The van der Waals surface area contributed by atoms with E-state index >= 15 is 0 Å². The van der Waals surface area contributed by atoms with E-state index < -0.39 is 27.1 Å². The number of hydrogen-bond acceptors (Lipinski definition) is 14. The number of ether oxygens (including phenoxy) is 2. The fraction of sp³-hybridized carbons (Fsp3) is 0.396. The molecule has 0 aliphatic heterocycles. The lowest BCUT2D eigenvalue weighted by molar-refractivity contribution is -0.385. The van der Waals surface area contributed by atoms with Gasteiger partial charge in [0.05, 0.1) is 14.8 Å². The quantitative estimate of drug-likeness (QED) is 0.0511. The van der Waals surface area contributed by atoms with Gasteiger partial charge in [0.1, 0.15) is 11.2 Å². The standard InChI is InChI=1S/C13H18N2O4.C13H20N2O2.C9H12N2O2.C9H14N2.C7H6BrNO2.C2H6/c1-13(2,3)19-12(16)14(4)9-10-6-5-7-11(8-10)15(17)18;1-13(2,3)17-12(16)15(4)9-10-6-5-7-11(14)8-10;1-10(2)7-8-4-3-5-9(6-8)11(12)13;1-11(2)7-8-4-3-5-9(10)6-8;8-5-6-2-1-3-7(4-6)9(10)11;1-2/h5-8H,9H2,1-4H3;5-8H,9,14H2,1-4H3;3-6H,7H2,1-2H3;3-6H,7,10H2,1-2H3;1-4H,5H2;1-2H3. The monoisotopic (exact) mass is 1080 g/mol. The molecule has 5 aromatic rings. The van der Waals surface area contributed by atoms with Gasteiger partial charge >= 0.3 is 12.2 Å². The number of halogens is 1. The normalized spacial score (nSPS) is 10.4. The molecule has 2 amide bonds. The predicted octanol–water partition coefficient (Wildman–Crippen LogP) is 12.1. The smallest absolute Gasteiger partial charge is 0.410 e. The molecule has 0 saturated heterocycles. The Morgan fingerprint density at radius 1 is 0.479 bits per heavy atom. The maximum atomic E-state index is 11.8. The molecule has 0 aliphatic carbocycles. The molecule has 4 N–H and O–H groups in total. The molecule has 5 aromatic carbocycles. The van der Waals surface area contributed by atoms with Crippen LogP contribution in [0.15, 0.2) is 121 Å². The third-order valence-corrected chi connectivity index (χ3v) is 9.32. The van der Waals surface area contributed by atoms with Crippen LogP contribution >= 0.6 is 15.9 Å². The van der Waals surface area contributed by atoms with Gasteiger partial charge in [0.2, 0.25) is 0 Å². The first kappa shape index (κ1) is 65.8. The summed E-state index contributed by atoms with van der Waals surface area (Å²) in [6, 6.07) is 34.8. The molecule has 0 saturated carbocycles. The third kappa shape index (κ3) is 31.0. The van der Waals surface area contributed by atoms with Crippen LogP contribution in [-0.2, 0) is 41.0 Å². The lowest BCUT2D eigenvalue weighted by Gasteiger charge is -2.24. The van der Waals surface area contributed by atoms with Gasteiger partial charge in [-0.15, -0.1) is 0 Å². The fourth-order valence-corrected chi connectivity index (χ4v) is 6.11. The van der Waals surface area contributed by atoms with E-state index in [0.29, 0.717) is 23.1 Å². The van der Waals surface area contributed by atoms with Crippen LogP contribution in [0.1, 0.15) is 83.2 Å². The first-order chi connectivity index (χ1) is 34.0. The number of benzene rings is 5. The highest BCUT2D eigenvalue weighted by atomic mass is 79.9. The van der Waals surface area contributed by atoms with E-state index in [1.54, 1.807) is 71.3 Å². The molecule has 0 aliphatic rings. The minimum absolute atomic E-state index is 0.00934. The molecule has 0 heterocycles. The summed E-state index contributed by atoms with van der Waals surface area (Å²) >= 11 is 3.22. The summed E-state index contributed by atoms with van der Waals surface area (Å²) < 4.78 is 10.5. The van der Waals surface area contributed by atoms with Crippen molar-refractivity contribution in [3.8, 4) is 0 Å². The molecule has 0 fully saturated rings. The van der Waals surface area contributed by atoms with Crippen molar-refractivity contribution in [2.24, 2.45) is 0 Å². The molecule has 0 radical (unpaired) electrons. The number of anilines is 2. The van der Waals surface area contributed by atoms with Crippen molar-refractivity contribution in [3.63, 3.8) is 0 Å². The Balaban J connectivity index is 0.000000894. The number of alkyl halides is 1. The Hall–Kier alpha value is -7.16. The second kappa shape index (κ2) is 33.5. The molecule has 5 rings (SSSR count). The number of amides is 2. The zero-order chi connectivity index (χ0) is 56.1. The summed E-state index contributed by atoms with van der Waals surface area (Å²) in [5, 5.41) is 32.0. The highest BCUT2D eigenvalue weighted by molar-refractivity contribution is 9.08. The van der Waals surface area contributed by atoms with Crippen molar-refractivity contribution in [3.05, 3.63) is 179 Å². The number of nitrogens with two attached hydrogens (primary N) is 2. The Bertz CT molecular complexity index is 2480. The number of nitro benzene ring substituents is 3. The SMILES string of the molecule is CC.CN(C)Cc1cccc(N)c1.CN(C)Cc1cccc([N+](=O)[O-])c1.CN(Cc1cccc(N)c1)C(=O)OC(C)(C)C.CN(Cc1cccc([N+](=O)[O-])c1)C(=O)OC(C)(C)C.O=[N+]([O-])c1cccc(CBr)c1. The van der Waals surface area contributed by atoms with Crippen molar-refractivity contribution >= 4 is 56.6 Å². The largest absolute Gasteiger partial charge is 0.444 e. The van der Waals surface area contributed by atoms with Crippen LogP contribution in [0.5, 0.6) is 0 Å². The van der Waals surface area contributed by atoms with Crippen molar-refractivity contribution in [1.82, 2.24) is 19.6 Å². The zero-order valence-electron chi connectivity index (χ0n) is 44.8. The van der Waals surface area contributed by atoms with Crippen LogP contribution in [0.3, 0.4) is 0 Å². The van der Waals surface area contributed by atoms with Gasteiger partial charge < -0.3 is 40.5 Å². The average molecular weight is 1080 g/mol. The minimum Gasteiger partial charge on any atom is -0.444 e. The van der Waals surface area contributed by atoms with E-state index in [0.717, 1.165) is 35.5 Å². The molecule has 0 bridgehead atoms. The predicted molar refractivity (Wildman–Crippen MR) is 295 cm³/mol. The van der Waals surface area contributed by atoms with Crippen LogP contribution < -0.4 is 11.5 Å². The van der Waals surface area contributed by atoms with E-state index in [9.17, 15) is 39.9 Å². The molecule has 20 heteroatoms. The summed E-state index contributed by atoms with van der Waals surface area (Å²) in [6.45, 7) is 17.3. The summed E-state index contributed by atoms with van der Waals surface area (Å²) in [5.41, 5.74) is 16.9. The molecule has 0 aromatic heterocycles. The van der Waals surface area contributed by atoms with Crippen LogP contribution in [0.2, 0.25) is 0 Å². The molecular weight excluding hydrogens is 1000 g/mol. The summed E-state index contributed by atoms with van der Waals surface area (Å²) in [6.07, 6.45) is -0.793. The molecule has 0 atom stereocenters. The van der Waals surface area contributed by atoms with Crippen molar-refractivity contribution in [1.29, 1.82) is 0 Å². The average Bonchev–Trinajstić information content (AvgIpc) is 3.29. The van der Waals surface area contributed by atoms with Crippen molar-refractivity contribution in [2.75, 3.05) is 53.8 Å². The van der Waals surface area contributed by atoms with Crippen LogP contribution in [-0.4, -0.2) is 100 Å². The van der Waals surface area contributed by atoms with Gasteiger partial charge in [-0.2, -0.15) is 0 Å². The Kier molecular flexibility index (Phi) is 30.2. The van der Waals surface area contributed by atoms with E-state index in [1.807, 2.05) is 122 Å². The van der Waals surface area contributed by atoms with E-state index in [2.05, 4.69) is 26.9 Å². The van der Waals surface area contributed by atoms with Crippen LogP contribution in [0.4, 0.5) is 38.0 Å². The molecule has 0 spiro atoms. The number of hydrogen-bond donors (Lipinski definition) is 2. The lowest BCUT2D eigenvalue weighted by atomic mass is 10.2. The fourth-order valence-electron chi connectivity index (χ4n) is 5.76. The molecule has 0 unspecified atom stereocenters. The second-order valence-corrected chi connectivity index (χ2v) is 19.1. The van der Waals surface area contributed by atoms with E-state index in [1.165, 1.54) is 39.6 Å². The number of nitro groups is 3. The number of carbonyl (C=O) groups excluding carboxylic acids is 2. The molecule has 400 valence electrons. The van der Waals surface area contributed by atoms with Gasteiger partial charge in [-0.3, -0.25) is 30.3 Å². The van der Waals surface area contributed by atoms with Crippen molar-refractivity contribution < 1.29 is 33.8 Å². The van der Waals surface area contributed by atoms with Crippen LogP contribution in [0, 0.1) is 30.3 Å². The third-order valence-electron chi connectivity index (χ3n) is 8.67. The zero-order valence-corrected chi connectivity index (χ0v) is 46.4. The summed E-state index contributed by atoms with van der Waals surface area (Å²) in [7, 11) is 11.2. The van der Waals surface area contributed by atoms with Gasteiger partial charge in [0, 0.05) is 93.4 Å². The van der Waals surface area contributed by atoms with Gasteiger partial charge in [-0.1, -0.05) is 90.4 Å². The Labute approximate surface area is 439 Å². The first-order valence-corrected chi connectivity index (χ1v) is 24.2. The Morgan fingerprint density at radius 3 is 1.01 bits per heavy atom. The number of nitrogen functional groups attached to an aromatic ring is 2. The maximum Gasteiger partial charge on any atom is 0.410 e. The van der Waals surface area contributed by atoms with Crippen LogP contribution in [0.25, 0.3) is 0 Å². The number of rotatable bonds is 12. The molecule has 73 heavy (non-hydrogen) atoms. The van der Waals surface area contributed by atoms with E-state index in [4.69, 9.17) is 20.9 Å². The van der Waals surface area contributed by atoms with E-state index in [-0.39, 0.29) is 34.6 Å². The molecule has 19 nitrogen and oxygen atoms in total. The Morgan fingerprint density at radius 2 is 0.740 bits per heavy atom. The van der Waals surface area contributed by atoms with Gasteiger partial charge in [-0.25, -0.2) is 9.59 Å². The van der Waals surface area contributed by atoms with Crippen molar-refractivity contribution in [2.45, 2.75) is 98.1 Å². The topological polar surface area (TPSA) is 247 Å². The molecular formula is C53H76BrN9O10. The second-order valence-electron chi connectivity index (χ2n) is 18.6. The lowest BCUT2D eigenvalue weighted by Crippen LogP contribution is -2.33. The minimum atomic E-state index is -0.561. The summed E-state index contributed by atoms with van der Waals surface area (Å²) in [5.74, 6) is 0. The highest BCUT2D eigenvalue weighted by Crippen LogP contribution is 2.18. The van der Waals surface area contributed by atoms with Gasteiger partial charge in [0.15, 0.2) is 0 Å². The number of nitrogens with zero attached hydrogens (tertiary/aromatic N) is 7. The maximum absolute atomic E-state index is 11.8. The number of carbonyl (C=O) groups is 2. The van der Waals surface area contributed by atoms with Gasteiger partial charge in [0.25, 0.3) is 17.1 Å². The summed E-state index contributed by atoms with van der Waals surface area (Å²) in [4.78, 5) is 60.6. The number of non-ortho nitro benzene ring substituents is 3. The van der Waals surface area contributed by atoms with Gasteiger partial charge in [-0.05, 0) is 122 Å². The highest BCUT2D eigenvalue weighted by Gasteiger charge is 2.21.